The summed E-state index contributed by atoms with van der Waals surface area (Å²) in [6.07, 6.45) is 12.2. The van der Waals surface area contributed by atoms with Gasteiger partial charge in [-0.05, 0) is 70.2 Å². The highest BCUT2D eigenvalue weighted by Gasteiger charge is 2.26. The molecule has 0 aliphatic carbocycles. The van der Waals surface area contributed by atoms with Crippen molar-refractivity contribution in [1.82, 2.24) is 0 Å². The molecule has 258 valence electrons. The predicted octanol–water partition coefficient (Wildman–Crippen LogP) is 14.3. The van der Waals surface area contributed by atoms with Crippen molar-refractivity contribution in [2.45, 2.75) is 101 Å². The lowest BCUT2D eigenvalue weighted by Crippen LogP contribution is -2.00. The minimum Gasteiger partial charge on any atom is -0.203 e. The van der Waals surface area contributed by atoms with Crippen molar-refractivity contribution in [1.29, 1.82) is 0 Å². The van der Waals surface area contributed by atoms with Gasteiger partial charge in [0.2, 0.25) is 0 Å². The number of unbranched alkanes of at least 4 members (excludes halogenated alkanes) is 10. The van der Waals surface area contributed by atoms with E-state index in [2.05, 4.69) is 13.8 Å². The van der Waals surface area contributed by atoms with Gasteiger partial charge < -0.3 is 0 Å². The number of fused-ring (bicyclic) bond motifs is 4. The van der Waals surface area contributed by atoms with Crippen LogP contribution >= 0.6 is 23.5 Å². The van der Waals surface area contributed by atoms with E-state index in [1.54, 1.807) is 0 Å². The Bertz CT molecular complexity index is 1700. The van der Waals surface area contributed by atoms with Gasteiger partial charge in [0.1, 0.15) is 0 Å². The maximum absolute atomic E-state index is 15.2. The van der Waals surface area contributed by atoms with Gasteiger partial charge in [-0.3, -0.25) is 0 Å². The summed E-state index contributed by atoms with van der Waals surface area (Å²) >= 11 is 2.73. The Labute approximate surface area is 284 Å². The van der Waals surface area contributed by atoms with E-state index >= 15 is 17.6 Å². The van der Waals surface area contributed by atoms with Crippen LogP contribution < -0.4 is 0 Å². The van der Waals surface area contributed by atoms with Gasteiger partial charge >= 0.3 is 0 Å². The van der Waals surface area contributed by atoms with Crippen LogP contribution in [0.15, 0.2) is 34.1 Å². The summed E-state index contributed by atoms with van der Waals surface area (Å²) in [5, 5.41) is -0.273. The second kappa shape index (κ2) is 16.3. The van der Waals surface area contributed by atoms with Crippen molar-refractivity contribution >= 4 is 66.6 Å². The zero-order valence-electron chi connectivity index (χ0n) is 27.0. The quantitative estimate of drug-likeness (QED) is 0.0250. The summed E-state index contributed by atoms with van der Waals surface area (Å²) < 4.78 is 118. The molecule has 0 spiro atoms. The number of halogens is 8. The van der Waals surface area contributed by atoms with E-state index in [-0.39, 0.29) is 0 Å². The maximum atomic E-state index is 15.2. The van der Waals surface area contributed by atoms with Crippen LogP contribution in [0, 0.1) is 46.5 Å². The predicted molar refractivity (Wildman–Crippen MR) is 184 cm³/mol. The van der Waals surface area contributed by atoms with Crippen LogP contribution in [0.2, 0.25) is 0 Å². The van der Waals surface area contributed by atoms with Crippen LogP contribution in [-0.2, 0) is 0 Å². The molecule has 0 aliphatic rings. The van der Waals surface area contributed by atoms with E-state index < -0.39 is 68.1 Å². The van der Waals surface area contributed by atoms with Gasteiger partial charge in [0.25, 0.3) is 0 Å². The van der Waals surface area contributed by atoms with Crippen LogP contribution in [0.5, 0.6) is 0 Å². The molecule has 0 radical (unpaired) electrons. The van der Waals surface area contributed by atoms with Crippen LogP contribution in [-0.4, -0.2) is 11.5 Å². The molecule has 5 aromatic rings. The fourth-order valence-electron chi connectivity index (χ4n) is 6.25. The van der Waals surface area contributed by atoms with Crippen molar-refractivity contribution < 1.29 is 35.1 Å². The molecular formula is C38H38F8S2. The highest BCUT2D eigenvalue weighted by molar-refractivity contribution is 8.00. The lowest BCUT2D eigenvalue weighted by atomic mass is 9.96. The Morgan fingerprint density at radius 3 is 0.854 bits per heavy atom. The van der Waals surface area contributed by atoms with Crippen LogP contribution in [0.4, 0.5) is 35.1 Å². The second-order valence-electron chi connectivity index (χ2n) is 12.3. The highest BCUT2D eigenvalue weighted by atomic mass is 32.2. The van der Waals surface area contributed by atoms with E-state index in [1.165, 1.54) is 47.8 Å². The zero-order chi connectivity index (χ0) is 34.5. The van der Waals surface area contributed by atoms with E-state index in [0.717, 1.165) is 77.0 Å². The molecule has 0 aliphatic heterocycles. The maximum Gasteiger partial charge on any atom is 0.198 e. The van der Waals surface area contributed by atoms with Gasteiger partial charge in [0.05, 0.1) is 0 Å². The summed E-state index contributed by atoms with van der Waals surface area (Å²) in [4.78, 5) is 0.991. The van der Waals surface area contributed by atoms with E-state index in [0.29, 0.717) is 42.8 Å². The number of hydrogen-bond donors (Lipinski definition) is 0. The smallest absolute Gasteiger partial charge is 0.198 e. The Hall–Kier alpha value is -2.72. The van der Waals surface area contributed by atoms with Gasteiger partial charge in [-0.25, -0.2) is 35.1 Å². The third-order valence-electron chi connectivity index (χ3n) is 8.88. The van der Waals surface area contributed by atoms with Crippen LogP contribution in [0.3, 0.4) is 0 Å². The highest BCUT2D eigenvalue weighted by Crippen LogP contribution is 2.47. The van der Waals surface area contributed by atoms with Crippen molar-refractivity contribution in [2.24, 2.45) is 0 Å². The molecule has 5 aromatic carbocycles. The van der Waals surface area contributed by atoms with E-state index in [9.17, 15) is 17.6 Å². The summed E-state index contributed by atoms with van der Waals surface area (Å²) in [6.45, 7) is 4.25. The third kappa shape index (κ3) is 7.25. The molecule has 0 aromatic heterocycles. The second-order valence-corrected chi connectivity index (χ2v) is 14.5. The normalized spacial score (nSPS) is 12.0. The largest absolute Gasteiger partial charge is 0.203 e. The van der Waals surface area contributed by atoms with Crippen molar-refractivity contribution in [2.75, 3.05) is 11.5 Å². The Kier molecular flexibility index (Phi) is 12.4. The average molecular weight is 711 g/mol. The SMILES string of the molecule is CCCCCCCCSc1c2cc3c(F)c(F)c(F)c(F)c3cc2c(SCCCCCCCC)c2cc3c(F)c(F)c(F)c(F)c3cc12. The first-order valence-corrected chi connectivity index (χ1v) is 18.7. The molecule has 0 heterocycles. The molecule has 48 heavy (non-hydrogen) atoms. The standard InChI is InChI=1S/C38H38F8S2/c1-3-5-7-9-11-13-15-47-37-25-17-21-23(31(41)35(45)33(43)29(21)39)19-27(25)38(48-16-14-12-10-8-6-4-2)28-20-24-22(18-26(28)37)30(40)34(44)36(46)32(24)42/h17-20H,3-16H2,1-2H3. The molecule has 0 atom stereocenters. The fraction of sp³-hybridized carbons (Fsp3) is 0.421. The number of benzene rings is 5. The molecule has 0 nitrogen and oxygen atoms in total. The number of hydrogen-bond acceptors (Lipinski definition) is 2. The summed E-state index contributed by atoms with van der Waals surface area (Å²) in [5.74, 6) is -12.7. The summed E-state index contributed by atoms with van der Waals surface area (Å²) in [7, 11) is 0. The van der Waals surface area contributed by atoms with Gasteiger partial charge in [0.15, 0.2) is 46.5 Å². The van der Waals surface area contributed by atoms with Crippen LogP contribution in [0.1, 0.15) is 90.9 Å². The molecular weight excluding hydrogens is 673 g/mol. The number of rotatable bonds is 16. The molecule has 0 N–H and O–H groups in total. The lowest BCUT2D eigenvalue weighted by molar-refractivity contribution is 0.418. The molecule has 0 saturated heterocycles. The van der Waals surface area contributed by atoms with E-state index in [1.807, 2.05) is 0 Å². The molecule has 5 rings (SSSR count). The molecule has 0 amide bonds. The molecule has 0 fully saturated rings. The summed E-state index contributed by atoms with van der Waals surface area (Å²) in [5.41, 5.74) is 0. The summed E-state index contributed by atoms with van der Waals surface area (Å²) in [6, 6.07) is 5.09. The molecule has 10 heteroatoms. The van der Waals surface area contributed by atoms with Gasteiger partial charge in [0, 0.05) is 31.3 Å². The Morgan fingerprint density at radius 1 is 0.333 bits per heavy atom. The minimum absolute atomic E-state index is 0.392. The first-order chi connectivity index (χ1) is 23.1. The van der Waals surface area contributed by atoms with Gasteiger partial charge in [-0.15, -0.1) is 23.5 Å². The molecule has 0 saturated carbocycles. The van der Waals surface area contributed by atoms with Crippen LogP contribution in [0.25, 0.3) is 43.1 Å². The van der Waals surface area contributed by atoms with Gasteiger partial charge in [-0.2, -0.15) is 0 Å². The Morgan fingerprint density at radius 2 is 0.583 bits per heavy atom. The van der Waals surface area contributed by atoms with E-state index in [4.69, 9.17) is 0 Å². The van der Waals surface area contributed by atoms with Crippen molar-refractivity contribution in [3.05, 3.63) is 70.8 Å². The lowest BCUT2D eigenvalue weighted by Gasteiger charge is -2.19. The zero-order valence-corrected chi connectivity index (χ0v) is 28.7. The van der Waals surface area contributed by atoms with Crippen molar-refractivity contribution in [3.8, 4) is 0 Å². The monoisotopic (exact) mass is 710 g/mol. The minimum atomic E-state index is -1.93. The van der Waals surface area contributed by atoms with Crippen molar-refractivity contribution in [3.63, 3.8) is 0 Å². The first-order valence-electron chi connectivity index (χ1n) is 16.7. The van der Waals surface area contributed by atoms with Gasteiger partial charge in [-0.1, -0.05) is 78.1 Å². The molecule has 0 unspecified atom stereocenters. The number of thioether (sulfide) groups is 2. The Balaban J connectivity index is 1.75. The third-order valence-corrected chi connectivity index (χ3v) is 11.3. The fourth-order valence-corrected chi connectivity index (χ4v) is 8.65. The first kappa shape index (κ1) is 36.6. The average Bonchev–Trinajstić information content (AvgIpc) is 3.09. The topological polar surface area (TPSA) is 0 Å². The molecule has 0 bridgehead atoms.